The van der Waals surface area contributed by atoms with Gasteiger partial charge in [0.1, 0.15) is 5.82 Å². The van der Waals surface area contributed by atoms with Crippen molar-refractivity contribution in [1.82, 2.24) is 4.90 Å². The number of nitrogens with zero attached hydrogens (tertiary/aromatic N) is 1. The second-order valence-corrected chi connectivity index (χ2v) is 6.36. The average Bonchev–Trinajstić information content (AvgIpc) is 2.43. The highest BCUT2D eigenvalue weighted by atomic mass is 19.1. The zero-order valence-corrected chi connectivity index (χ0v) is 12.8. The van der Waals surface area contributed by atoms with E-state index in [2.05, 4.69) is 4.90 Å². The third kappa shape index (κ3) is 5.38. The zero-order valence-electron chi connectivity index (χ0n) is 12.8. The molecule has 1 aromatic carbocycles. The third-order valence-electron chi connectivity index (χ3n) is 4.33. The number of aliphatic hydroxyl groups is 2. The lowest BCUT2D eigenvalue weighted by Gasteiger charge is -2.38. The SMILES string of the molecule is CC(O)CCCN1CCC(O)(Cc2ccc(F)cc2)CC1. The summed E-state index contributed by atoms with van der Waals surface area (Å²) in [6.07, 6.45) is 3.68. The van der Waals surface area contributed by atoms with E-state index in [1.54, 1.807) is 12.1 Å². The smallest absolute Gasteiger partial charge is 0.123 e. The molecule has 0 spiro atoms. The van der Waals surface area contributed by atoms with Crippen LogP contribution in [0.15, 0.2) is 24.3 Å². The number of hydrogen-bond donors (Lipinski definition) is 2. The fourth-order valence-corrected chi connectivity index (χ4v) is 2.96. The maximum absolute atomic E-state index is 12.9. The lowest BCUT2D eigenvalue weighted by atomic mass is 9.85. The molecule has 3 nitrogen and oxygen atoms in total. The number of benzene rings is 1. The van der Waals surface area contributed by atoms with Gasteiger partial charge >= 0.3 is 0 Å². The Morgan fingerprint density at radius 1 is 1.24 bits per heavy atom. The molecule has 2 N–H and O–H groups in total. The Morgan fingerprint density at radius 3 is 2.43 bits per heavy atom. The molecule has 0 aromatic heterocycles. The van der Waals surface area contributed by atoms with Crippen LogP contribution in [0.2, 0.25) is 0 Å². The van der Waals surface area contributed by atoms with Crippen LogP contribution >= 0.6 is 0 Å². The van der Waals surface area contributed by atoms with Gasteiger partial charge in [-0.3, -0.25) is 0 Å². The van der Waals surface area contributed by atoms with Gasteiger partial charge in [-0.15, -0.1) is 0 Å². The normalized spacial score (nSPS) is 20.4. The second-order valence-electron chi connectivity index (χ2n) is 6.36. The number of rotatable bonds is 6. The van der Waals surface area contributed by atoms with Crippen LogP contribution < -0.4 is 0 Å². The summed E-state index contributed by atoms with van der Waals surface area (Å²) in [5.41, 5.74) is 0.319. The van der Waals surface area contributed by atoms with Gasteiger partial charge in [-0.05, 0) is 56.8 Å². The zero-order chi connectivity index (χ0) is 15.3. The first-order chi connectivity index (χ1) is 9.97. The molecule has 1 saturated heterocycles. The summed E-state index contributed by atoms with van der Waals surface area (Å²) < 4.78 is 12.9. The molecule has 1 fully saturated rings. The number of likely N-dealkylation sites (tertiary alicyclic amines) is 1. The Labute approximate surface area is 126 Å². The van der Waals surface area contributed by atoms with E-state index in [-0.39, 0.29) is 11.9 Å². The number of aliphatic hydroxyl groups excluding tert-OH is 1. The highest BCUT2D eigenvalue weighted by Gasteiger charge is 2.32. The molecule has 4 heteroatoms. The molecule has 0 radical (unpaired) electrons. The Balaban J connectivity index is 1.77. The van der Waals surface area contributed by atoms with Gasteiger partial charge in [0.25, 0.3) is 0 Å². The van der Waals surface area contributed by atoms with Crippen molar-refractivity contribution < 1.29 is 14.6 Å². The lowest BCUT2D eigenvalue weighted by molar-refractivity contribution is -0.0213. The minimum Gasteiger partial charge on any atom is -0.393 e. The van der Waals surface area contributed by atoms with E-state index in [9.17, 15) is 14.6 Å². The third-order valence-corrected chi connectivity index (χ3v) is 4.33. The number of halogens is 1. The first-order valence-electron chi connectivity index (χ1n) is 7.84. The van der Waals surface area contributed by atoms with Crippen molar-refractivity contribution in [3.05, 3.63) is 35.6 Å². The molecule has 2 rings (SSSR count). The monoisotopic (exact) mass is 295 g/mol. The fraction of sp³-hybridized carbons (Fsp3) is 0.647. The van der Waals surface area contributed by atoms with E-state index < -0.39 is 5.60 Å². The predicted molar refractivity (Wildman–Crippen MR) is 81.6 cm³/mol. The van der Waals surface area contributed by atoms with Gasteiger partial charge in [-0.1, -0.05) is 12.1 Å². The molecule has 1 heterocycles. The number of hydrogen-bond acceptors (Lipinski definition) is 3. The quantitative estimate of drug-likeness (QED) is 0.847. The molecule has 1 atom stereocenters. The molecule has 1 aliphatic rings. The van der Waals surface area contributed by atoms with Crippen molar-refractivity contribution in [3.63, 3.8) is 0 Å². The molecular formula is C17H26FNO2. The Bertz CT molecular complexity index is 425. The second kappa shape index (κ2) is 7.34. The Hall–Kier alpha value is -0.970. The molecule has 1 unspecified atom stereocenters. The van der Waals surface area contributed by atoms with Gasteiger partial charge in [0, 0.05) is 19.5 Å². The molecule has 1 aromatic rings. The van der Waals surface area contributed by atoms with Crippen molar-refractivity contribution in [2.24, 2.45) is 0 Å². The standard InChI is InChI=1S/C17H26FNO2/c1-14(20)3-2-10-19-11-8-17(21,9-12-19)13-15-4-6-16(18)7-5-15/h4-7,14,20-21H,2-3,8-13H2,1H3. The van der Waals surface area contributed by atoms with Crippen molar-refractivity contribution in [3.8, 4) is 0 Å². The van der Waals surface area contributed by atoms with Crippen LogP contribution in [0.1, 0.15) is 38.2 Å². The predicted octanol–water partition coefficient (Wildman–Crippen LogP) is 2.36. The lowest BCUT2D eigenvalue weighted by Crippen LogP contribution is -2.45. The Kier molecular flexibility index (Phi) is 5.73. The van der Waals surface area contributed by atoms with Crippen molar-refractivity contribution in [2.75, 3.05) is 19.6 Å². The fourth-order valence-electron chi connectivity index (χ4n) is 2.96. The van der Waals surface area contributed by atoms with Gasteiger partial charge in [0.05, 0.1) is 11.7 Å². The molecule has 0 aliphatic carbocycles. The summed E-state index contributed by atoms with van der Waals surface area (Å²) >= 11 is 0. The topological polar surface area (TPSA) is 43.7 Å². The van der Waals surface area contributed by atoms with E-state index >= 15 is 0 Å². The van der Waals surface area contributed by atoms with Crippen LogP contribution in [0.25, 0.3) is 0 Å². The summed E-state index contributed by atoms with van der Waals surface area (Å²) in [5.74, 6) is -0.237. The van der Waals surface area contributed by atoms with Gasteiger partial charge in [-0.2, -0.15) is 0 Å². The van der Waals surface area contributed by atoms with E-state index in [0.29, 0.717) is 6.42 Å². The maximum atomic E-state index is 12.9. The van der Waals surface area contributed by atoms with E-state index in [0.717, 1.165) is 50.9 Å². The summed E-state index contributed by atoms with van der Waals surface area (Å²) in [7, 11) is 0. The van der Waals surface area contributed by atoms with Crippen molar-refractivity contribution in [1.29, 1.82) is 0 Å². The largest absolute Gasteiger partial charge is 0.393 e. The summed E-state index contributed by atoms with van der Waals surface area (Å²) in [6.45, 7) is 4.57. The first kappa shape index (κ1) is 16.4. The molecular weight excluding hydrogens is 269 g/mol. The molecule has 21 heavy (non-hydrogen) atoms. The highest BCUT2D eigenvalue weighted by Crippen LogP contribution is 2.26. The Morgan fingerprint density at radius 2 is 1.86 bits per heavy atom. The van der Waals surface area contributed by atoms with E-state index in [1.165, 1.54) is 12.1 Å². The molecule has 0 amide bonds. The van der Waals surface area contributed by atoms with Crippen LogP contribution in [-0.2, 0) is 6.42 Å². The minimum atomic E-state index is -0.668. The molecule has 1 aliphatic heterocycles. The van der Waals surface area contributed by atoms with Gasteiger partial charge in [-0.25, -0.2) is 4.39 Å². The van der Waals surface area contributed by atoms with Crippen molar-refractivity contribution in [2.45, 2.75) is 50.7 Å². The summed E-state index contributed by atoms with van der Waals surface area (Å²) in [4.78, 5) is 2.35. The van der Waals surface area contributed by atoms with Gasteiger partial charge < -0.3 is 15.1 Å². The molecule has 0 bridgehead atoms. The highest BCUT2D eigenvalue weighted by molar-refractivity contribution is 5.18. The van der Waals surface area contributed by atoms with E-state index in [4.69, 9.17) is 0 Å². The van der Waals surface area contributed by atoms with Crippen molar-refractivity contribution >= 4 is 0 Å². The van der Waals surface area contributed by atoms with Crippen LogP contribution in [0.5, 0.6) is 0 Å². The van der Waals surface area contributed by atoms with Crippen LogP contribution in [0.4, 0.5) is 4.39 Å². The maximum Gasteiger partial charge on any atom is 0.123 e. The molecule has 0 saturated carbocycles. The average molecular weight is 295 g/mol. The van der Waals surface area contributed by atoms with Gasteiger partial charge in [0.2, 0.25) is 0 Å². The summed E-state index contributed by atoms with van der Waals surface area (Å²) in [5, 5.41) is 19.9. The van der Waals surface area contributed by atoms with Crippen LogP contribution in [0, 0.1) is 5.82 Å². The molecule has 118 valence electrons. The summed E-state index contributed by atoms with van der Waals surface area (Å²) in [6, 6.07) is 6.40. The van der Waals surface area contributed by atoms with Crippen LogP contribution in [0.3, 0.4) is 0 Å². The first-order valence-corrected chi connectivity index (χ1v) is 7.84. The number of piperidine rings is 1. The minimum absolute atomic E-state index is 0.231. The van der Waals surface area contributed by atoms with Gasteiger partial charge in [0.15, 0.2) is 0 Å². The van der Waals surface area contributed by atoms with Crippen LogP contribution in [-0.4, -0.2) is 46.5 Å². The van der Waals surface area contributed by atoms with E-state index in [1.807, 2.05) is 6.92 Å².